The summed E-state index contributed by atoms with van der Waals surface area (Å²) in [5.74, 6) is -2.28. The van der Waals surface area contributed by atoms with Gasteiger partial charge in [-0.15, -0.1) is 13.2 Å². The zero-order chi connectivity index (χ0) is 12.3. The molecular weight excluding hydrogens is 229 g/mol. The third-order valence-corrected chi connectivity index (χ3v) is 1.41. The van der Waals surface area contributed by atoms with Gasteiger partial charge in [-0.05, 0) is 12.1 Å². The normalized spacial score (nSPS) is 10.6. The standard InChI is InChI=1S/C8H3F3N2O3/c9-8(10,11)16-6-2-1-4(7(14)15)13-5(6)3-12/h1-2H,(H,14,15). The molecule has 0 aliphatic rings. The van der Waals surface area contributed by atoms with Crippen molar-refractivity contribution in [1.82, 2.24) is 4.98 Å². The van der Waals surface area contributed by atoms with Crippen molar-refractivity contribution >= 4 is 5.97 Å². The molecule has 16 heavy (non-hydrogen) atoms. The highest BCUT2D eigenvalue weighted by Crippen LogP contribution is 2.25. The number of pyridine rings is 1. The number of alkyl halides is 3. The first-order chi connectivity index (χ1) is 7.33. The van der Waals surface area contributed by atoms with Crippen LogP contribution in [0.15, 0.2) is 12.1 Å². The minimum atomic E-state index is -4.96. The Labute approximate surface area is 86.7 Å². The van der Waals surface area contributed by atoms with Crippen LogP contribution in [0.3, 0.4) is 0 Å². The third kappa shape index (κ3) is 2.84. The van der Waals surface area contributed by atoms with E-state index in [0.717, 1.165) is 12.1 Å². The largest absolute Gasteiger partial charge is 0.573 e. The summed E-state index contributed by atoms with van der Waals surface area (Å²) < 4.78 is 39.0. The number of rotatable bonds is 2. The quantitative estimate of drug-likeness (QED) is 0.836. The summed E-state index contributed by atoms with van der Waals surface area (Å²) in [4.78, 5) is 13.6. The van der Waals surface area contributed by atoms with Crippen LogP contribution < -0.4 is 4.74 Å². The SMILES string of the molecule is N#Cc1nc(C(=O)O)ccc1OC(F)(F)F. The van der Waals surface area contributed by atoms with Crippen molar-refractivity contribution in [2.24, 2.45) is 0 Å². The van der Waals surface area contributed by atoms with Crippen LogP contribution in [-0.2, 0) is 0 Å². The lowest BCUT2D eigenvalue weighted by Crippen LogP contribution is -2.18. The molecule has 0 unspecified atom stereocenters. The Kier molecular flexibility index (Phi) is 2.99. The number of nitrogens with zero attached hydrogens (tertiary/aromatic N) is 2. The molecule has 1 N–H and O–H groups in total. The molecule has 0 bridgehead atoms. The van der Waals surface area contributed by atoms with Gasteiger partial charge in [0, 0.05) is 0 Å². The van der Waals surface area contributed by atoms with Crippen LogP contribution >= 0.6 is 0 Å². The third-order valence-electron chi connectivity index (χ3n) is 1.41. The topological polar surface area (TPSA) is 83.2 Å². The summed E-state index contributed by atoms with van der Waals surface area (Å²) in [5, 5.41) is 17.0. The maximum Gasteiger partial charge on any atom is 0.573 e. The van der Waals surface area contributed by atoms with Crippen molar-refractivity contribution in [2.45, 2.75) is 6.36 Å². The monoisotopic (exact) mass is 232 g/mol. The molecule has 84 valence electrons. The van der Waals surface area contributed by atoms with Crippen LogP contribution in [0.5, 0.6) is 5.75 Å². The summed E-state index contributed by atoms with van der Waals surface area (Å²) >= 11 is 0. The molecule has 0 saturated heterocycles. The minimum absolute atomic E-state index is 0.536. The zero-order valence-corrected chi connectivity index (χ0v) is 7.45. The molecule has 1 aromatic heterocycles. The molecule has 0 aromatic carbocycles. The molecule has 0 radical (unpaired) electrons. The molecule has 1 rings (SSSR count). The van der Waals surface area contributed by atoms with E-state index in [1.165, 1.54) is 6.07 Å². The van der Waals surface area contributed by atoms with E-state index < -0.39 is 29.5 Å². The maximum atomic E-state index is 11.8. The first-order valence-corrected chi connectivity index (χ1v) is 3.73. The fraction of sp³-hybridized carbons (Fsp3) is 0.125. The van der Waals surface area contributed by atoms with Crippen LogP contribution in [-0.4, -0.2) is 22.4 Å². The Morgan fingerprint density at radius 2 is 2.12 bits per heavy atom. The molecule has 0 fully saturated rings. The lowest BCUT2D eigenvalue weighted by molar-refractivity contribution is -0.274. The van der Waals surface area contributed by atoms with E-state index in [2.05, 4.69) is 9.72 Å². The smallest absolute Gasteiger partial charge is 0.477 e. The van der Waals surface area contributed by atoms with Gasteiger partial charge in [0.05, 0.1) is 0 Å². The number of carbonyl (C=O) groups is 1. The number of nitriles is 1. The molecule has 0 aliphatic carbocycles. The molecule has 0 amide bonds. The molecule has 0 atom stereocenters. The van der Waals surface area contributed by atoms with Crippen LogP contribution in [0.25, 0.3) is 0 Å². The van der Waals surface area contributed by atoms with Gasteiger partial charge in [0.15, 0.2) is 11.4 Å². The maximum absolute atomic E-state index is 11.8. The highest BCUT2D eigenvalue weighted by atomic mass is 19.4. The average molecular weight is 232 g/mol. The summed E-state index contributed by atoms with van der Waals surface area (Å²) in [7, 11) is 0. The summed E-state index contributed by atoms with van der Waals surface area (Å²) in [6.45, 7) is 0. The second kappa shape index (κ2) is 4.06. The van der Waals surface area contributed by atoms with Crippen molar-refractivity contribution in [1.29, 1.82) is 5.26 Å². The number of ether oxygens (including phenoxy) is 1. The van der Waals surface area contributed by atoms with E-state index >= 15 is 0 Å². The van der Waals surface area contributed by atoms with E-state index in [9.17, 15) is 18.0 Å². The highest BCUT2D eigenvalue weighted by molar-refractivity contribution is 5.85. The predicted octanol–water partition coefficient (Wildman–Crippen LogP) is 1.55. The van der Waals surface area contributed by atoms with Crippen molar-refractivity contribution in [2.75, 3.05) is 0 Å². The molecule has 0 aliphatic heterocycles. The fourth-order valence-corrected chi connectivity index (χ4v) is 0.853. The van der Waals surface area contributed by atoms with E-state index in [4.69, 9.17) is 10.4 Å². The molecule has 1 heterocycles. The lowest BCUT2D eigenvalue weighted by Gasteiger charge is -2.09. The van der Waals surface area contributed by atoms with Crippen molar-refractivity contribution in [3.05, 3.63) is 23.5 Å². The minimum Gasteiger partial charge on any atom is -0.477 e. The molecule has 1 aromatic rings. The summed E-state index contributed by atoms with van der Waals surface area (Å²) in [6, 6.07) is 2.85. The number of aromatic nitrogens is 1. The Balaban J connectivity index is 3.14. The zero-order valence-electron chi connectivity index (χ0n) is 7.45. The van der Waals surface area contributed by atoms with Gasteiger partial charge in [-0.2, -0.15) is 5.26 Å². The van der Waals surface area contributed by atoms with Crippen molar-refractivity contribution in [3.8, 4) is 11.8 Å². The lowest BCUT2D eigenvalue weighted by atomic mass is 10.3. The second-order valence-corrected chi connectivity index (χ2v) is 2.51. The van der Waals surface area contributed by atoms with E-state index in [-0.39, 0.29) is 0 Å². The van der Waals surface area contributed by atoms with Gasteiger partial charge in [0.2, 0.25) is 0 Å². The number of carboxylic acids is 1. The average Bonchev–Trinajstić information content (AvgIpc) is 2.15. The van der Waals surface area contributed by atoms with Crippen LogP contribution in [0.4, 0.5) is 13.2 Å². The van der Waals surface area contributed by atoms with Gasteiger partial charge in [-0.25, -0.2) is 9.78 Å². The van der Waals surface area contributed by atoms with Gasteiger partial charge in [-0.3, -0.25) is 0 Å². The Morgan fingerprint density at radius 1 is 1.50 bits per heavy atom. The highest BCUT2D eigenvalue weighted by Gasteiger charge is 2.32. The number of halogens is 3. The fourth-order valence-electron chi connectivity index (χ4n) is 0.853. The van der Waals surface area contributed by atoms with Gasteiger partial charge in [0.1, 0.15) is 11.8 Å². The molecular formula is C8H3F3N2O3. The van der Waals surface area contributed by atoms with Crippen molar-refractivity contribution in [3.63, 3.8) is 0 Å². The van der Waals surface area contributed by atoms with Gasteiger partial charge < -0.3 is 9.84 Å². The first-order valence-electron chi connectivity index (χ1n) is 3.73. The first kappa shape index (κ1) is 11.8. The predicted molar refractivity (Wildman–Crippen MR) is 42.6 cm³/mol. The molecule has 0 spiro atoms. The van der Waals surface area contributed by atoms with Gasteiger partial charge in [0.25, 0.3) is 0 Å². The van der Waals surface area contributed by atoms with E-state index in [1.54, 1.807) is 0 Å². The Morgan fingerprint density at radius 3 is 2.56 bits per heavy atom. The van der Waals surface area contributed by atoms with Crippen LogP contribution in [0, 0.1) is 11.3 Å². The summed E-state index contributed by atoms with van der Waals surface area (Å²) in [5.41, 5.74) is -1.27. The molecule has 0 saturated carbocycles. The number of aromatic carboxylic acids is 1. The van der Waals surface area contributed by atoms with Crippen molar-refractivity contribution < 1.29 is 27.8 Å². The van der Waals surface area contributed by atoms with Crippen LogP contribution in [0.1, 0.15) is 16.2 Å². The molecule has 5 nitrogen and oxygen atoms in total. The summed E-state index contributed by atoms with van der Waals surface area (Å²) in [6.07, 6.45) is -4.96. The van der Waals surface area contributed by atoms with Gasteiger partial charge >= 0.3 is 12.3 Å². The Hall–Kier alpha value is -2.30. The molecule has 8 heteroatoms. The van der Waals surface area contributed by atoms with Crippen LogP contribution in [0.2, 0.25) is 0 Å². The number of hydrogen-bond acceptors (Lipinski definition) is 4. The van der Waals surface area contributed by atoms with E-state index in [0.29, 0.717) is 0 Å². The second-order valence-electron chi connectivity index (χ2n) is 2.51. The number of hydrogen-bond donors (Lipinski definition) is 1. The van der Waals surface area contributed by atoms with Gasteiger partial charge in [-0.1, -0.05) is 0 Å². The van der Waals surface area contributed by atoms with E-state index in [1.807, 2.05) is 0 Å². The number of carboxylic acid groups (broad SMARTS) is 1. The Bertz CT molecular complexity index is 465.